The van der Waals surface area contributed by atoms with Gasteiger partial charge in [-0.3, -0.25) is 4.79 Å². The van der Waals surface area contributed by atoms with Crippen molar-refractivity contribution < 1.29 is 4.79 Å². The molecule has 1 aromatic carbocycles. The maximum Gasteiger partial charge on any atom is 0.251 e. The van der Waals surface area contributed by atoms with Crippen molar-refractivity contribution >= 4 is 11.6 Å². The molecule has 1 amide bonds. The Kier molecular flexibility index (Phi) is 3.45. The molecule has 3 rings (SSSR count). The van der Waals surface area contributed by atoms with Crippen LogP contribution in [0.2, 0.25) is 0 Å². The molecule has 19 heavy (non-hydrogen) atoms. The number of rotatable bonds is 4. The molecule has 1 unspecified atom stereocenters. The van der Waals surface area contributed by atoms with Gasteiger partial charge in [0.05, 0.1) is 0 Å². The summed E-state index contributed by atoms with van der Waals surface area (Å²) in [6, 6.07) is 6.00. The first-order valence-corrected chi connectivity index (χ1v) is 7.39. The lowest BCUT2D eigenvalue weighted by atomic mass is 10.0. The number of hydrogen-bond donors (Lipinski definition) is 2. The van der Waals surface area contributed by atoms with Crippen molar-refractivity contribution in [1.82, 2.24) is 5.32 Å². The zero-order valence-electron chi connectivity index (χ0n) is 11.5. The van der Waals surface area contributed by atoms with E-state index in [2.05, 4.69) is 17.6 Å². The summed E-state index contributed by atoms with van der Waals surface area (Å²) < 4.78 is 0. The third-order valence-electron chi connectivity index (χ3n) is 4.32. The van der Waals surface area contributed by atoms with Crippen LogP contribution in [0.5, 0.6) is 0 Å². The van der Waals surface area contributed by atoms with E-state index in [9.17, 15) is 4.79 Å². The fourth-order valence-corrected chi connectivity index (χ4v) is 2.80. The first-order valence-electron chi connectivity index (χ1n) is 7.39. The maximum absolute atomic E-state index is 12.1. The van der Waals surface area contributed by atoms with Gasteiger partial charge < -0.3 is 10.6 Å². The second kappa shape index (κ2) is 5.24. The number of carbonyl (C=O) groups excluding carboxylic acids is 1. The Morgan fingerprint density at radius 3 is 3.11 bits per heavy atom. The Morgan fingerprint density at radius 1 is 1.47 bits per heavy atom. The van der Waals surface area contributed by atoms with Crippen molar-refractivity contribution in [2.45, 2.75) is 32.6 Å². The first kappa shape index (κ1) is 12.5. The number of carbonyl (C=O) groups is 1. The normalized spacial score (nSPS) is 19.2. The summed E-state index contributed by atoms with van der Waals surface area (Å²) in [5.74, 6) is 1.53. The second-order valence-corrected chi connectivity index (χ2v) is 5.93. The Labute approximate surface area is 114 Å². The highest BCUT2D eigenvalue weighted by Crippen LogP contribution is 2.36. The average Bonchev–Trinajstić information content (AvgIpc) is 3.28. The molecular weight excluding hydrogens is 236 g/mol. The third-order valence-corrected chi connectivity index (χ3v) is 4.32. The van der Waals surface area contributed by atoms with Gasteiger partial charge in [-0.1, -0.05) is 6.92 Å². The van der Waals surface area contributed by atoms with Gasteiger partial charge in [0.25, 0.3) is 5.91 Å². The van der Waals surface area contributed by atoms with Crippen molar-refractivity contribution in [3.63, 3.8) is 0 Å². The highest BCUT2D eigenvalue weighted by molar-refractivity contribution is 5.95. The van der Waals surface area contributed by atoms with E-state index >= 15 is 0 Å². The number of anilines is 1. The summed E-state index contributed by atoms with van der Waals surface area (Å²) in [5.41, 5.74) is 3.26. The van der Waals surface area contributed by atoms with Gasteiger partial charge in [0.15, 0.2) is 0 Å². The Morgan fingerprint density at radius 2 is 2.32 bits per heavy atom. The van der Waals surface area contributed by atoms with Crippen molar-refractivity contribution in [3.05, 3.63) is 29.3 Å². The predicted molar refractivity (Wildman–Crippen MR) is 77.5 cm³/mol. The summed E-state index contributed by atoms with van der Waals surface area (Å²) in [6.07, 6.45) is 4.89. The molecule has 0 aromatic heterocycles. The zero-order valence-corrected chi connectivity index (χ0v) is 11.5. The van der Waals surface area contributed by atoms with Crippen molar-refractivity contribution in [2.75, 3.05) is 18.4 Å². The lowest BCUT2D eigenvalue weighted by Crippen LogP contribution is -2.29. The van der Waals surface area contributed by atoms with Crippen LogP contribution in [0.3, 0.4) is 0 Å². The largest absolute Gasteiger partial charge is 0.385 e. The zero-order chi connectivity index (χ0) is 13.2. The van der Waals surface area contributed by atoms with Gasteiger partial charge in [-0.2, -0.15) is 0 Å². The molecule has 1 atom stereocenters. The van der Waals surface area contributed by atoms with Crippen LogP contribution in [0, 0.1) is 11.8 Å². The van der Waals surface area contributed by atoms with E-state index in [1.165, 1.54) is 24.1 Å². The van der Waals surface area contributed by atoms with E-state index in [0.717, 1.165) is 37.4 Å². The van der Waals surface area contributed by atoms with Crippen molar-refractivity contribution in [2.24, 2.45) is 11.8 Å². The minimum absolute atomic E-state index is 0.0703. The maximum atomic E-state index is 12.1. The monoisotopic (exact) mass is 258 g/mol. The topological polar surface area (TPSA) is 41.1 Å². The smallest absolute Gasteiger partial charge is 0.251 e. The fourth-order valence-electron chi connectivity index (χ4n) is 2.80. The van der Waals surface area contributed by atoms with Crippen LogP contribution in [-0.4, -0.2) is 19.0 Å². The SMILES string of the molecule is CC(CNC(=O)c1ccc2c(c1)CCCN2)C1CC1. The molecule has 102 valence electrons. The van der Waals surface area contributed by atoms with Crippen LogP contribution < -0.4 is 10.6 Å². The highest BCUT2D eigenvalue weighted by atomic mass is 16.1. The molecule has 1 heterocycles. The Hall–Kier alpha value is -1.51. The van der Waals surface area contributed by atoms with Gasteiger partial charge in [-0.05, 0) is 61.3 Å². The van der Waals surface area contributed by atoms with Gasteiger partial charge in [-0.25, -0.2) is 0 Å². The van der Waals surface area contributed by atoms with Gasteiger partial charge in [-0.15, -0.1) is 0 Å². The number of aryl methyl sites for hydroxylation is 1. The average molecular weight is 258 g/mol. The first-order chi connectivity index (χ1) is 9.24. The molecule has 2 N–H and O–H groups in total. The van der Waals surface area contributed by atoms with E-state index in [1.807, 2.05) is 18.2 Å². The Bertz CT molecular complexity index is 480. The van der Waals surface area contributed by atoms with Gasteiger partial charge >= 0.3 is 0 Å². The number of fused-ring (bicyclic) bond motifs is 1. The molecule has 0 bridgehead atoms. The molecule has 0 radical (unpaired) electrons. The van der Waals surface area contributed by atoms with Crippen LogP contribution in [0.1, 0.15) is 42.1 Å². The lowest BCUT2D eigenvalue weighted by Gasteiger charge is -2.18. The van der Waals surface area contributed by atoms with Crippen molar-refractivity contribution in [1.29, 1.82) is 0 Å². The molecule has 1 aromatic rings. The van der Waals surface area contributed by atoms with E-state index in [-0.39, 0.29) is 5.91 Å². The summed E-state index contributed by atoms with van der Waals surface area (Å²) in [7, 11) is 0. The van der Waals surface area contributed by atoms with E-state index in [4.69, 9.17) is 0 Å². The van der Waals surface area contributed by atoms with Crippen LogP contribution in [0.25, 0.3) is 0 Å². The fraction of sp³-hybridized carbons (Fsp3) is 0.562. The standard InChI is InChI=1S/C16H22N2O/c1-11(12-4-5-12)10-18-16(19)14-6-7-15-13(9-14)3-2-8-17-15/h6-7,9,11-12,17H,2-5,8,10H2,1H3,(H,18,19). The molecule has 0 saturated heterocycles. The van der Waals surface area contributed by atoms with E-state index in [1.54, 1.807) is 0 Å². The number of hydrogen-bond acceptors (Lipinski definition) is 2. The summed E-state index contributed by atoms with van der Waals surface area (Å²) in [6.45, 7) is 4.07. The number of amides is 1. The van der Waals surface area contributed by atoms with Gasteiger partial charge in [0.1, 0.15) is 0 Å². The molecular formula is C16H22N2O. The molecule has 2 aliphatic rings. The minimum Gasteiger partial charge on any atom is -0.385 e. The molecule has 1 aliphatic heterocycles. The lowest BCUT2D eigenvalue weighted by molar-refractivity contribution is 0.0946. The van der Waals surface area contributed by atoms with Crippen molar-refractivity contribution in [3.8, 4) is 0 Å². The van der Waals surface area contributed by atoms with Crippen LogP contribution in [0.15, 0.2) is 18.2 Å². The predicted octanol–water partition coefficient (Wildman–Crippen LogP) is 2.82. The third kappa shape index (κ3) is 2.91. The highest BCUT2D eigenvalue weighted by Gasteiger charge is 2.27. The van der Waals surface area contributed by atoms with Crippen LogP contribution in [0.4, 0.5) is 5.69 Å². The van der Waals surface area contributed by atoms with Crippen LogP contribution in [-0.2, 0) is 6.42 Å². The minimum atomic E-state index is 0.0703. The van der Waals surface area contributed by atoms with Gasteiger partial charge in [0.2, 0.25) is 0 Å². The molecule has 1 saturated carbocycles. The summed E-state index contributed by atoms with van der Waals surface area (Å²) in [5, 5.41) is 6.44. The molecule has 1 fully saturated rings. The molecule has 0 spiro atoms. The summed E-state index contributed by atoms with van der Waals surface area (Å²) in [4.78, 5) is 12.1. The quantitative estimate of drug-likeness (QED) is 0.872. The Balaban J connectivity index is 1.62. The summed E-state index contributed by atoms with van der Waals surface area (Å²) >= 11 is 0. The van der Waals surface area contributed by atoms with Gasteiger partial charge in [0, 0.05) is 24.3 Å². The van der Waals surface area contributed by atoms with E-state index < -0.39 is 0 Å². The molecule has 1 aliphatic carbocycles. The number of nitrogens with one attached hydrogen (secondary N) is 2. The molecule has 3 nitrogen and oxygen atoms in total. The second-order valence-electron chi connectivity index (χ2n) is 5.93. The van der Waals surface area contributed by atoms with Crippen LogP contribution >= 0.6 is 0 Å². The number of benzene rings is 1. The molecule has 3 heteroatoms. The van der Waals surface area contributed by atoms with E-state index in [0.29, 0.717) is 5.92 Å².